The van der Waals surface area contributed by atoms with Crippen molar-refractivity contribution >= 4 is 40.2 Å². The molecular weight excluding hydrogens is 961 g/mol. The maximum atomic E-state index is 18.3. The number of ether oxygens (including phenoxy) is 5. The fourth-order valence-corrected chi connectivity index (χ4v) is 12.1. The van der Waals surface area contributed by atoms with Crippen LogP contribution in [0.2, 0.25) is 5.02 Å². The first-order valence-corrected chi connectivity index (χ1v) is 24.9. The first-order chi connectivity index (χ1) is 34.2. The van der Waals surface area contributed by atoms with E-state index in [1.165, 1.54) is 13.0 Å². The van der Waals surface area contributed by atoms with E-state index >= 15 is 22.0 Å². The van der Waals surface area contributed by atoms with Crippen molar-refractivity contribution < 1.29 is 50.4 Å². The fraction of sp³-hybridized carbons (Fsp3) is 0.509. The Morgan fingerprint density at radius 3 is 2.24 bits per heavy atom. The van der Waals surface area contributed by atoms with Gasteiger partial charge in [0.1, 0.15) is 53.1 Å². The number of pyridine rings is 1. The fourth-order valence-electron chi connectivity index (χ4n) is 11.7. The van der Waals surface area contributed by atoms with Crippen LogP contribution >= 0.6 is 11.6 Å². The molecule has 0 N–H and O–H groups in total. The number of piperidine rings is 1. The molecule has 5 aromatic rings. The normalized spacial score (nSPS) is 23.8. The van der Waals surface area contributed by atoms with Gasteiger partial charge in [0, 0.05) is 45.1 Å². The highest BCUT2D eigenvalue weighted by molar-refractivity contribution is 6.36. The van der Waals surface area contributed by atoms with Crippen molar-refractivity contribution in [2.24, 2.45) is 5.92 Å². The standard InChI is InChI=1S/C53H59ClF5N7O6/c1-29-21-38(63(23-31-9-15-36(68-6)16-10-31)24-32-11-17-37(69-7)18-12-32)60-44(41(29)53(57,58)59)39-42(54)47-40-45(43(39)56)61-49(70-28-52-19-8-20-64(52)26-34(55)22-52)62-48(40)66-27-35-14-13-33(46(66)30(2)71-47)25-65(35)50(67)72-51(3,4)5/h9-12,15-18,21,30,33-35,46H,8,13-14,19-20,22-28H2,1-7H3/t30-,33+,34+,35?,46+,52-/m0/s1. The molecule has 0 spiro atoms. The van der Waals surface area contributed by atoms with Gasteiger partial charge in [-0.15, -0.1) is 0 Å². The number of aryl methyl sites for hydroxylation is 1. The second-order valence-electron chi connectivity index (χ2n) is 20.9. The molecule has 3 aromatic carbocycles. The molecule has 6 aliphatic heterocycles. The number of carbonyl (C=O) groups excluding carboxylic acids is 1. The Bertz CT molecular complexity index is 2820. The number of halogens is 6. The first-order valence-electron chi connectivity index (χ1n) is 24.5. The van der Waals surface area contributed by atoms with E-state index < -0.39 is 69.4 Å². The Balaban J connectivity index is 1.16. The van der Waals surface area contributed by atoms with Crippen LogP contribution in [0.3, 0.4) is 0 Å². The van der Waals surface area contributed by atoms with Crippen molar-refractivity contribution in [1.82, 2.24) is 24.8 Å². The number of hydrogen-bond acceptors (Lipinski definition) is 12. The largest absolute Gasteiger partial charge is 0.497 e. The molecule has 0 saturated carbocycles. The molecule has 5 fully saturated rings. The Morgan fingerprint density at radius 2 is 1.61 bits per heavy atom. The van der Waals surface area contributed by atoms with E-state index in [0.29, 0.717) is 43.9 Å². The maximum Gasteiger partial charge on any atom is 0.418 e. The zero-order chi connectivity index (χ0) is 51.0. The summed E-state index contributed by atoms with van der Waals surface area (Å²) in [6, 6.07) is 14.8. The third kappa shape index (κ3) is 9.26. The predicted molar refractivity (Wildman–Crippen MR) is 263 cm³/mol. The molecule has 1 amide bonds. The van der Waals surface area contributed by atoms with E-state index in [4.69, 9.17) is 45.3 Å². The molecule has 0 aliphatic carbocycles. The average molecular weight is 1020 g/mol. The van der Waals surface area contributed by atoms with Gasteiger partial charge in [-0.2, -0.15) is 23.1 Å². The molecule has 8 heterocycles. The van der Waals surface area contributed by atoms with Gasteiger partial charge >= 0.3 is 18.3 Å². The van der Waals surface area contributed by atoms with Crippen molar-refractivity contribution in [3.8, 4) is 34.5 Å². The summed E-state index contributed by atoms with van der Waals surface area (Å²) >= 11 is 7.36. The molecule has 19 heteroatoms. The van der Waals surface area contributed by atoms with E-state index in [2.05, 4.69) is 9.88 Å². The van der Waals surface area contributed by atoms with Gasteiger partial charge in [0.2, 0.25) is 0 Å². The monoisotopic (exact) mass is 1020 g/mol. The molecule has 2 aromatic heterocycles. The van der Waals surface area contributed by atoms with Crippen molar-refractivity contribution in [3.63, 3.8) is 0 Å². The van der Waals surface area contributed by atoms with Gasteiger partial charge in [0.25, 0.3) is 0 Å². The summed E-state index contributed by atoms with van der Waals surface area (Å²) in [6.45, 7) is 10.5. The zero-order valence-electron chi connectivity index (χ0n) is 41.4. The van der Waals surface area contributed by atoms with Crippen LogP contribution in [0.5, 0.6) is 23.3 Å². The third-order valence-corrected chi connectivity index (χ3v) is 15.3. The van der Waals surface area contributed by atoms with Crippen LogP contribution in [0, 0.1) is 18.7 Å². The molecule has 5 saturated heterocycles. The van der Waals surface area contributed by atoms with Crippen molar-refractivity contribution in [2.45, 2.75) is 121 Å². The number of methoxy groups -OCH3 is 2. The van der Waals surface area contributed by atoms with Gasteiger partial charge in [0.15, 0.2) is 11.6 Å². The highest BCUT2D eigenvalue weighted by Crippen LogP contribution is 2.53. The summed E-state index contributed by atoms with van der Waals surface area (Å²) < 4.78 is 110. The van der Waals surface area contributed by atoms with Gasteiger partial charge in [-0.25, -0.2) is 18.6 Å². The minimum atomic E-state index is -5.03. The molecule has 72 heavy (non-hydrogen) atoms. The number of benzene rings is 3. The Hall–Kier alpha value is -5.88. The van der Waals surface area contributed by atoms with Gasteiger partial charge in [0.05, 0.1) is 59.1 Å². The minimum absolute atomic E-state index is 0.000532. The third-order valence-electron chi connectivity index (χ3n) is 15.0. The Labute approximate surface area is 420 Å². The number of aromatic nitrogens is 3. The van der Waals surface area contributed by atoms with Crippen LogP contribution in [0.4, 0.5) is 38.4 Å². The summed E-state index contributed by atoms with van der Waals surface area (Å²) in [5, 5.41) is -0.393. The zero-order valence-corrected chi connectivity index (χ0v) is 42.2. The number of alkyl halides is 4. The van der Waals surface area contributed by atoms with Crippen LogP contribution in [0.1, 0.15) is 82.1 Å². The van der Waals surface area contributed by atoms with Crippen LogP contribution in [0.15, 0.2) is 54.6 Å². The predicted octanol–water partition coefficient (Wildman–Crippen LogP) is 11.0. The lowest BCUT2D eigenvalue weighted by Crippen LogP contribution is -2.50. The molecule has 6 atom stereocenters. The number of hydrogen-bond donors (Lipinski definition) is 0. The maximum absolute atomic E-state index is 18.3. The summed E-state index contributed by atoms with van der Waals surface area (Å²) in [7, 11) is 3.11. The number of anilines is 2. The lowest BCUT2D eigenvalue weighted by Gasteiger charge is -2.38. The first kappa shape index (κ1) is 49.7. The summed E-state index contributed by atoms with van der Waals surface area (Å²) in [4.78, 5) is 35.8. The molecule has 2 bridgehead atoms. The molecule has 384 valence electrons. The number of rotatable bonds is 11. The second kappa shape index (κ2) is 18.9. The van der Waals surface area contributed by atoms with Crippen LogP contribution in [0.25, 0.3) is 22.2 Å². The highest BCUT2D eigenvalue weighted by atomic mass is 35.5. The lowest BCUT2D eigenvalue weighted by atomic mass is 9.87. The molecule has 1 unspecified atom stereocenters. The van der Waals surface area contributed by atoms with Gasteiger partial charge in [-0.3, -0.25) is 4.90 Å². The summed E-state index contributed by atoms with van der Waals surface area (Å²) in [6.07, 6.45) is -4.17. The Morgan fingerprint density at radius 1 is 0.944 bits per heavy atom. The number of nitrogens with zero attached hydrogens (tertiary/aromatic N) is 7. The van der Waals surface area contributed by atoms with Crippen LogP contribution in [-0.2, 0) is 24.0 Å². The van der Waals surface area contributed by atoms with E-state index in [9.17, 15) is 4.79 Å². The molecule has 13 nitrogen and oxygen atoms in total. The summed E-state index contributed by atoms with van der Waals surface area (Å²) in [5.74, 6) is 0.0673. The SMILES string of the molecule is COc1ccc(CN(Cc2ccc(OC)cc2)c2cc(C)c(C(F)(F)F)c(-c3c(Cl)c4c5c(nc(OC[C@@]67CCCN6C[C@H](F)C7)nc5c3F)N3CC5CC[C@H](CN5C(=O)OC(C)(C)C)[C@H]3[C@H](C)O4)n2)cc1. The lowest BCUT2D eigenvalue weighted by molar-refractivity contribution is -0.137. The van der Waals surface area contributed by atoms with Crippen LogP contribution < -0.4 is 28.7 Å². The van der Waals surface area contributed by atoms with Gasteiger partial charge in [-0.1, -0.05) is 35.9 Å². The minimum Gasteiger partial charge on any atom is -0.497 e. The Kier molecular flexibility index (Phi) is 13.0. The number of carbonyl (C=O) groups is 1. The topological polar surface area (TPSA) is 115 Å². The second-order valence-corrected chi connectivity index (χ2v) is 21.3. The molecule has 6 aliphatic rings. The number of amides is 1. The van der Waals surface area contributed by atoms with Gasteiger partial charge in [-0.05, 0) is 114 Å². The van der Waals surface area contributed by atoms with E-state index in [0.717, 1.165) is 17.5 Å². The molecule has 11 rings (SSSR count). The van der Waals surface area contributed by atoms with E-state index in [1.54, 1.807) is 48.3 Å². The van der Waals surface area contributed by atoms with Crippen LogP contribution in [-0.4, -0.2) is 113 Å². The van der Waals surface area contributed by atoms with Gasteiger partial charge < -0.3 is 38.4 Å². The highest BCUT2D eigenvalue weighted by Gasteiger charge is 2.52. The van der Waals surface area contributed by atoms with Crippen molar-refractivity contribution in [2.75, 3.05) is 56.8 Å². The number of fused-ring (bicyclic) bond motifs is 3. The van der Waals surface area contributed by atoms with Crippen molar-refractivity contribution in [3.05, 3.63) is 87.7 Å². The van der Waals surface area contributed by atoms with E-state index in [1.807, 2.05) is 56.9 Å². The average Bonchev–Trinajstić information content (AvgIpc) is 3.67. The molecule has 0 radical (unpaired) electrons. The van der Waals surface area contributed by atoms with E-state index in [-0.39, 0.29) is 91.0 Å². The van der Waals surface area contributed by atoms with Crippen molar-refractivity contribution in [1.29, 1.82) is 0 Å². The summed E-state index contributed by atoms with van der Waals surface area (Å²) in [5.41, 5.74) is -2.98. The quantitative estimate of drug-likeness (QED) is 0.117. The molecular formula is C53H59ClF5N7O6. The smallest absolute Gasteiger partial charge is 0.418 e.